The van der Waals surface area contributed by atoms with Crippen LogP contribution in [0.4, 0.5) is 0 Å². The molecule has 0 radical (unpaired) electrons. The molecule has 6 heteroatoms. The van der Waals surface area contributed by atoms with Crippen molar-refractivity contribution in [3.8, 4) is 0 Å². The number of hydrogen-bond acceptors (Lipinski definition) is 3. The summed E-state index contributed by atoms with van der Waals surface area (Å²) in [5.41, 5.74) is 3.06. The molecule has 166 valence electrons. The van der Waals surface area contributed by atoms with Crippen molar-refractivity contribution in [2.24, 2.45) is 5.92 Å². The lowest BCUT2D eigenvalue weighted by Gasteiger charge is -2.38. The quantitative estimate of drug-likeness (QED) is 0.620. The first-order valence-electron chi connectivity index (χ1n) is 11.6. The maximum Gasteiger partial charge on any atom is 0.230 e. The summed E-state index contributed by atoms with van der Waals surface area (Å²) >= 11 is 0. The van der Waals surface area contributed by atoms with E-state index in [1.54, 1.807) is 0 Å². The van der Waals surface area contributed by atoms with Gasteiger partial charge in [0.05, 0.1) is 29.3 Å². The summed E-state index contributed by atoms with van der Waals surface area (Å²) in [6.07, 6.45) is 4.36. The van der Waals surface area contributed by atoms with Crippen molar-refractivity contribution in [3.63, 3.8) is 0 Å². The molecule has 1 aromatic heterocycles. The van der Waals surface area contributed by atoms with Crippen molar-refractivity contribution in [3.05, 3.63) is 66.5 Å². The van der Waals surface area contributed by atoms with Crippen LogP contribution in [0.15, 0.2) is 60.9 Å². The number of aromatic nitrogens is 2. The Morgan fingerprint density at radius 1 is 1.06 bits per heavy atom. The molecule has 2 amide bonds. The zero-order valence-electron chi connectivity index (χ0n) is 18.6. The lowest BCUT2D eigenvalue weighted by molar-refractivity contribution is -0.137. The number of hydrogen-bond donors (Lipinski definition) is 0. The second-order valence-electron chi connectivity index (χ2n) is 9.11. The summed E-state index contributed by atoms with van der Waals surface area (Å²) in [4.78, 5) is 34.8. The zero-order valence-corrected chi connectivity index (χ0v) is 18.6. The number of fused-ring (bicyclic) bond motifs is 2. The second kappa shape index (κ2) is 8.77. The molecule has 32 heavy (non-hydrogen) atoms. The number of likely N-dealkylation sites (tertiary alicyclic amines) is 2. The molecule has 3 heterocycles. The van der Waals surface area contributed by atoms with Crippen LogP contribution in [0.5, 0.6) is 0 Å². The van der Waals surface area contributed by atoms with E-state index in [1.165, 1.54) is 0 Å². The van der Waals surface area contributed by atoms with E-state index in [4.69, 9.17) is 0 Å². The first-order chi connectivity index (χ1) is 15.6. The van der Waals surface area contributed by atoms with Gasteiger partial charge in [-0.05, 0) is 43.4 Å². The van der Waals surface area contributed by atoms with E-state index < -0.39 is 0 Å². The minimum absolute atomic E-state index is 0.139. The Kier molecular flexibility index (Phi) is 5.68. The molecule has 2 saturated heterocycles. The van der Waals surface area contributed by atoms with E-state index in [1.807, 2.05) is 77.3 Å². The number of rotatable bonds is 5. The Labute approximate surface area is 188 Å². The second-order valence-corrected chi connectivity index (χ2v) is 9.11. The molecule has 0 N–H and O–H groups in total. The first kappa shape index (κ1) is 20.7. The smallest absolute Gasteiger partial charge is 0.230 e. The highest BCUT2D eigenvalue weighted by Gasteiger charge is 2.43. The normalized spacial score (nSPS) is 21.5. The van der Waals surface area contributed by atoms with Crippen LogP contribution in [0.3, 0.4) is 0 Å². The molecule has 6 nitrogen and oxygen atoms in total. The number of aryl methyl sites for hydroxylation is 1. The summed E-state index contributed by atoms with van der Waals surface area (Å²) in [5, 5.41) is 0. The Bertz CT molecular complexity index is 1110. The molecule has 1 unspecified atom stereocenters. The Morgan fingerprint density at radius 2 is 1.84 bits per heavy atom. The van der Waals surface area contributed by atoms with Gasteiger partial charge in [-0.3, -0.25) is 9.59 Å². The summed E-state index contributed by atoms with van der Waals surface area (Å²) in [5.74, 6) is 0.577. The van der Waals surface area contributed by atoms with Crippen molar-refractivity contribution in [1.29, 1.82) is 0 Å². The van der Waals surface area contributed by atoms with Crippen molar-refractivity contribution in [1.82, 2.24) is 19.4 Å². The Balaban J connectivity index is 1.23. The number of carbonyl (C=O) groups is 2. The fraction of sp³-hybridized carbons (Fsp3) is 0.423. The van der Waals surface area contributed by atoms with E-state index in [-0.39, 0.29) is 23.8 Å². The predicted molar refractivity (Wildman–Crippen MR) is 124 cm³/mol. The molecule has 2 aromatic carbocycles. The minimum atomic E-state index is -0.158. The van der Waals surface area contributed by atoms with Gasteiger partial charge in [-0.2, -0.15) is 0 Å². The molecule has 2 aliphatic heterocycles. The number of carbonyl (C=O) groups excluding carboxylic acids is 2. The molecule has 5 rings (SSSR count). The third-order valence-electron chi connectivity index (χ3n) is 7.18. The molecule has 2 fully saturated rings. The maximum atomic E-state index is 13.3. The van der Waals surface area contributed by atoms with Gasteiger partial charge in [0, 0.05) is 32.6 Å². The first-order valence-corrected chi connectivity index (χ1v) is 11.6. The van der Waals surface area contributed by atoms with Gasteiger partial charge in [-0.1, -0.05) is 42.5 Å². The lowest BCUT2D eigenvalue weighted by Crippen LogP contribution is -2.49. The molecule has 3 atom stereocenters. The molecule has 0 aliphatic carbocycles. The van der Waals surface area contributed by atoms with Crippen LogP contribution < -0.4 is 0 Å². The number of nitrogens with zero attached hydrogens (tertiary/aromatic N) is 4. The number of para-hydroxylation sites is 2. The van der Waals surface area contributed by atoms with Crippen LogP contribution in [0, 0.1) is 5.92 Å². The highest BCUT2D eigenvalue weighted by atomic mass is 16.2. The zero-order chi connectivity index (χ0) is 22.1. The van der Waals surface area contributed by atoms with Gasteiger partial charge < -0.3 is 14.4 Å². The fourth-order valence-electron chi connectivity index (χ4n) is 5.35. The Hall–Kier alpha value is -3.15. The number of amides is 2. The van der Waals surface area contributed by atoms with Gasteiger partial charge in [0.1, 0.15) is 0 Å². The van der Waals surface area contributed by atoms with Crippen molar-refractivity contribution < 1.29 is 9.59 Å². The van der Waals surface area contributed by atoms with E-state index in [0.29, 0.717) is 25.4 Å². The lowest BCUT2D eigenvalue weighted by atomic mass is 9.90. The summed E-state index contributed by atoms with van der Waals surface area (Å²) in [7, 11) is 0. The molecule has 3 aromatic rings. The minimum Gasteiger partial charge on any atom is -0.340 e. The van der Waals surface area contributed by atoms with Crippen molar-refractivity contribution in [2.45, 2.75) is 44.7 Å². The number of piperidine rings is 1. The van der Waals surface area contributed by atoms with Gasteiger partial charge in [0.25, 0.3) is 0 Å². The van der Waals surface area contributed by atoms with Gasteiger partial charge in [-0.25, -0.2) is 4.98 Å². The van der Waals surface area contributed by atoms with E-state index in [2.05, 4.69) is 9.88 Å². The van der Waals surface area contributed by atoms with Crippen LogP contribution >= 0.6 is 0 Å². The SMILES string of the molecule is CC(C(=O)N1CCC[C@H]2CN(C(=O)CCn3cnc4ccccc43)C[C@H]21)c1ccccc1. The topological polar surface area (TPSA) is 58.4 Å². The molecule has 2 aliphatic rings. The average molecular weight is 431 g/mol. The summed E-state index contributed by atoms with van der Waals surface area (Å²) in [6.45, 7) is 4.83. The Morgan fingerprint density at radius 3 is 2.69 bits per heavy atom. The van der Waals surface area contributed by atoms with E-state index >= 15 is 0 Å². The fourth-order valence-corrected chi connectivity index (χ4v) is 5.35. The number of imidazole rings is 1. The molecular weight excluding hydrogens is 400 g/mol. The standard InChI is InChI=1S/C26H30N4O2/c1-19(20-8-3-2-4-9-20)26(32)30-14-7-10-21-16-29(17-24(21)30)25(31)13-15-28-18-27-22-11-5-6-12-23(22)28/h2-6,8-9,11-12,18-19,21,24H,7,10,13-17H2,1H3/t19?,21-,24+/m0/s1. The van der Waals surface area contributed by atoms with Gasteiger partial charge in [0.15, 0.2) is 0 Å². The van der Waals surface area contributed by atoms with Gasteiger partial charge in [0.2, 0.25) is 11.8 Å². The van der Waals surface area contributed by atoms with Crippen LogP contribution in [-0.4, -0.2) is 56.8 Å². The third-order valence-corrected chi connectivity index (χ3v) is 7.18. The van der Waals surface area contributed by atoms with Gasteiger partial charge in [-0.15, -0.1) is 0 Å². The summed E-state index contributed by atoms with van der Waals surface area (Å²) < 4.78 is 2.05. The number of benzene rings is 2. The average Bonchev–Trinajstić information content (AvgIpc) is 3.46. The van der Waals surface area contributed by atoms with Gasteiger partial charge >= 0.3 is 0 Å². The van der Waals surface area contributed by atoms with Crippen LogP contribution in [0.2, 0.25) is 0 Å². The van der Waals surface area contributed by atoms with Crippen molar-refractivity contribution >= 4 is 22.8 Å². The van der Waals surface area contributed by atoms with E-state index in [9.17, 15) is 9.59 Å². The van der Waals surface area contributed by atoms with Crippen molar-refractivity contribution in [2.75, 3.05) is 19.6 Å². The molecule has 0 saturated carbocycles. The van der Waals surface area contributed by atoms with E-state index in [0.717, 1.165) is 42.5 Å². The summed E-state index contributed by atoms with van der Waals surface area (Å²) in [6, 6.07) is 18.1. The predicted octanol–water partition coefficient (Wildman–Crippen LogP) is 3.68. The molecular formula is C26H30N4O2. The monoisotopic (exact) mass is 430 g/mol. The van der Waals surface area contributed by atoms with Crippen LogP contribution in [0.25, 0.3) is 11.0 Å². The largest absolute Gasteiger partial charge is 0.340 e. The molecule has 0 bridgehead atoms. The third kappa shape index (κ3) is 3.90. The highest BCUT2D eigenvalue weighted by Crippen LogP contribution is 2.33. The van der Waals surface area contributed by atoms with Crippen LogP contribution in [0.1, 0.15) is 37.7 Å². The maximum absolute atomic E-state index is 13.3. The van der Waals surface area contributed by atoms with Crippen LogP contribution in [-0.2, 0) is 16.1 Å². The molecule has 0 spiro atoms. The highest BCUT2D eigenvalue weighted by molar-refractivity contribution is 5.84.